The fourth-order valence-corrected chi connectivity index (χ4v) is 1.94. The van der Waals surface area contributed by atoms with Crippen molar-refractivity contribution in [2.75, 3.05) is 0 Å². The van der Waals surface area contributed by atoms with Crippen LogP contribution in [0.15, 0.2) is 5.38 Å². The maximum absolute atomic E-state index is 5.87. The molecule has 0 amide bonds. The molecule has 0 fully saturated rings. The minimum atomic E-state index is -0.160. The van der Waals surface area contributed by atoms with Gasteiger partial charge in [0.05, 0.1) is 22.5 Å². The second kappa shape index (κ2) is 4.28. The van der Waals surface area contributed by atoms with Gasteiger partial charge in [-0.2, -0.15) is 5.10 Å². The van der Waals surface area contributed by atoms with E-state index < -0.39 is 0 Å². The second-order valence-corrected chi connectivity index (χ2v) is 5.01. The van der Waals surface area contributed by atoms with Crippen LogP contribution in [0.1, 0.15) is 34.7 Å². The summed E-state index contributed by atoms with van der Waals surface area (Å²) >= 11 is 7.50. The Balaban J connectivity index is 2.11. The van der Waals surface area contributed by atoms with E-state index in [-0.39, 0.29) is 5.38 Å². The van der Waals surface area contributed by atoms with Gasteiger partial charge in [-0.05, 0) is 13.8 Å². The van der Waals surface area contributed by atoms with Crippen LogP contribution in [0.5, 0.6) is 0 Å². The Labute approximate surface area is 96.7 Å². The Morgan fingerprint density at radius 3 is 2.87 bits per heavy atom. The van der Waals surface area contributed by atoms with Gasteiger partial charge < -0.3 is 0 Å². The first kappa shape index (κ1) is 10.6. The molecule has 4 nitrogen and oxygen atoms in total. The molecule has 0 aliphatic carbocycles. The summed E-state index contributed by atoms with van der Waals surface area (Å²) in [7, 11) is 0. The van der Waals surface area contributed by atoms with Crippen LogP contribution in [0.4, 0.5) is 0 Å². The molecule has 15 heavy (non-hydrogen) atoms. The maximum Gasteiger partial charge on any atom is 0.168 e. The topological polar surface area (TPSA) is 54.5 Å². The highest BCUT2D eigenvalue weighted by molar-refractivity contribution is 7.09. The van der Waals surface area contributed by atoms with Gasteiger partial charge in [0.15, 0.2) is 5.82 Å². The van der Waals surface area contributed by atoms with Crippen molar-refractivity contribution in [2.24, 2.45) is 0 Å². The Kier molecular flexibility index (Phi) is 3.02. The van der Waals surface area contributed by atoms with E-state index >= 15 is 0 Å². The van der Waals surface area contributed by atoms with Gasteiger partial charge >= 0.3 is 0 Å². The zero-order valence-corrected chi connectivity index (χ0v) is 10.1. The SMILES string of the molecule is Cc1nc(Cc2nc(C(C)Cl)n[nH]2)cs1. The third-order valence-corrected chi connectivity index (χ3v) is 2.94. The molecule has 0 aliphatic heterocycles. The third-order valence-electron chi connectivity index (χ3n) is 1.92. The number of rotatable bonds is 3. The van der Waals surface area contributed by atoms with Gasteiger partial charge in [-0.25, -0.2) is 9.97 Å². The number of thiazole rings is 1. The number of alkyl halides is 1. The van der Waals surface area contributed by atoms with Gasteiger partial charge in [-0.3, -0.25) is 5.10 Å². The van der Waals surface area contributed by atoms with Crippen molar-refractivity contribution in [3.63, 3.8) is 0 Å². The Morgan fingerprint density at radius 1 is 1.53 bits per heavy atom. The maximum atomic E-state index is 5.87. The molecule has 0 saturated carbocycles. The van der Waals surface area contributed by atoms with Gasteiger partial charge in [0.2, 0.25) is 0 Å². The zero-order valence-electron chi connectivity index (χ0n) is 8.49. The summed E-state index contributed by atoms with van der Waals surface area (Å²) < 4.78 is 0. The minimum absolute atomic E-state index is 0.160. The monoisotopic (exact) mass is 242 g/mol. The molecule has 0 saturated heterocycles. The van der Waals surface area contributed by atoms with E-state index in [0.717, 1.165) is 16.5 Å². The summed E-state index contributed by atoms with van der Waals surface area (Å²) in [4.78, 5) is 8.64. The number of halogens is 1. The highest BCUT2D eigenvalue weighted by Crippen LogP contribution is 2.16. The highest BCUT2D eigenvalue weighted by Gasteiger charge is 2.09. The Bertz CT molecular complexity index is 448. The molecule has 0 aromatic carbocycles. The smallest absolute Gasteiger partial charge is 0.168 e. The quantitative estimate of drug-likeness (QED) is 0.842. The highest BCUT2D eigenvalue weighted by atomic mass is 35.5. The van der Waals surface area contributed by atoms with Crippen molar-refractivity contribution in [3.05, 3.63) is 27.7 Å². The predicted octanol–water partition coefficient (Wildman–Crippen LogP) is 2.46. The summed E-state index contributed by atoms with van der Waals surface area (Å²) in [6.45, 7) is 3.84. The van der Waals surface area contributed by atoms with Crippen LogP contribution >= 0.6 is 22.9 Å². The molecule has 0 radical (unpaired) electrons. The van der Waals surface area contributed by atoms with E-state index in [1.807, 2.05) is 19.2 Å². The number of nitrogens with one attached hydrogen (secondary N) is 1. The predicted molar refractivity (Wildman–Crippen MR) is 60.3 cm³/mol. The number of aromatic nitrogens is 4. The molecule has 0 spiro atoms. The van der Waals surface area contributed by atoms with Gasteiger partial charge in [-0.15, -0.1) is 22.9 Å². The number of nitrogens with zero attached hydrogens (tertiary/aromatic N) is 3. The summed E-state index contributed by atoms with van der Waals surface area (Å²) in [5, 5.41) is 9.82. The third kappa shape index (κ3) is 2.54. The van der Waals surface area contributed by atoms with Crippen molar-refractivity contribution in [2.45, 2.75) is 25.6 Å². The molecule has 80 valence electrons. The standard InChI is InChI=1S/C9H11ClN4S/c1-5(10)9-12-8(13-14-9)3-7-4-15-6(2)11-7/h4-5H,3H2,1-2H3,(H,12,13,14). The number of hydrogen-bond acceptors (Lipinski definition) is 4. The summed E-state index contributed by atoms with van der Waals surface area (Å²) in [6.07, 6.45) is 0.681. The summed E-state index contributed by atoms with van der Waals surface area (Å²) in [6, 6.07) is 0. The second-order valence-electron chi connectivity index (χ2n) is 3.29. The molecule has 1 unspecified atom stereocenters. The lowest BCUT2D eigenvalue weighted by Crippen LogP contribution is -1.92. The van der Waals surface area contributed by atoms with Crippen LogP contribution in [0.2, 0.25) is 0 Å². The molecule has 0 aliphatic rings. The first-order valence-corrected chi connectivity index (χ1v) is 5.93. The Hall–Kier alpha value is -0.940. The normalized spacial score (nSPS) is 13.0. The molecule has 1 N–H and O–H groups in total. The van der Waals surface area contributed by atoms with Crippen LogP contribution in [0, 0.1) is 6.92 Å². The number of H-pyrrole nitrogens is 1. The molecular weight excluding hydrogens is 232 g/mol. The van der Waals surface area contributed by atoms with Gasteiger partial charge in [-0.1, -0.05) is 0 Å². The van der Waals surface area contributed by atoms with Crippen LogP contribution < -0.4 is 0 Å². The number of hydrogen-bond donors (Lipinski definition) is 1. The van der Waals surface area contributed by atoms with Crippen molar-refractivity contribution in [1.82, 2.24) is 20.2 Å². The summed E-state index contributed by atoms with van der Waals surface area (Å²) in [5.74, 6) is 1.45. The molecule has 1 atom stereocenters. The summed E-state index contributed by atoms with van der Waals surface area (Å²) in [5.41, 5.74) is 1.02. The fourth-order valence-electron chi connectivity index (χ4n) is 1.23. The van der Waals surface area contributed by atoms with Crippen LogP contribution in [0.25, 0.3) is 0 Å². The zero-order chi connectivity index (χ0) is 10.8. The van der Waals surface area contributed by atoms with Gasteiger partial charge in [0.1, 0.15) is 5.82 Å². The van der Waals surface area contributed by atoms with Gasteiger partial charge in [0.25, 0.3) is 0 Å². The fraction of sp³-hybridized carbons (Fsp3) is 0.444. The van der Waals surface area contributed by atoms with Crippen LogP contribution in [-0.2, 0) is 6.42 Å². The van der Waals surface area contributed by atoms with Gasteiger partial charge in [0, 0.05) is 5.38 Å². The van der Waals surface area contributed by atoms with Crippen molar-refractivity contribution in [3.8, 4) is 0 Å². The first-order valence-electron chi connectivity index (χ1n) is 4.61. The lowest BCUT2D eigenvalue weighted by Gasteiger charge is -1.92. The average Bonchev–Trinajstić information content (AvgIpc) is 2.76. The van der Waals surface area contributed by atoms with Crippen LogP contribution in [-0.4, -0.2) is 20.2 Å². The van der Waals surface area contributed by atoms with E-state index in [9.17, 15) is 0 Å². The van der Waals surface area contributed by atoms with Crippen LogP contribution in [0.3, 0.4) is 0 Å². The Morgan fingerprint density at radius 2 is 2.33 bits per heavy atom. The van der Waals surface area contributed by atoms with Crippen molar-refractivity contribution in [1.29, 1.82) is 0 Å². The molecule has 2 aromatic heterocycles. The molecule has 6 heteroatoms. The van der Waals surface area contributed by atoms with E-state index in [1.165, 1.54) is 0 Å². The number of aryl methyl sites for hydroxylation is 1. The molecular formula is C9H11ClN4S. The van der Waals surface area contributed by atoms with E-state index in [0.29, 0.717) is 12.2 Å². The van der Waals surface area contributed by atoms with E-state index in [2.05, 4.69) is 20.2 Å². The molecule has 2 heterocycles. The minimum Gasteiger partial charge on any atom is -0.263 e. The van der Waals surface area contributed by atoms with Crippen molar-refractivity contribution < 1.29 is 0 Å². The first-order chi connectivity index (χ1) is 7.15. The van der Waals surface area contributed by atoms with E-state index in [4.69, 9.17) is 11.6 Å². The van der Waals surface area contributed by atoms with Crippen molar-refractivity contribution >= 4 is 22.9 Å². The van der Waals surface area contributed by atoms with E-state index in [1.54, 1.807) is 11.3 Å². The largest absolute Gasteiger partial charge is 0.263 e. The average molecular weight is 243 g/mol. The number of aromatic amines is 1. The molecule has 0 bridgehead atoms. The molecule has 2 aromatic rings. The lowest BCUT2D eigenvalue weighted by molar-refractivity contribution is 0.917. The lowest BCUT2D eigenvalue weighted by atomic mass is 10.3. The molecule has 2 rings (SSSR count).